The second kappa shape index (κ2) is 9.02. The van der Waals surface area contributed by atoms with Crippen molar-refractivity contribution >= 4 is 0 Å². The summed E-state index contributed by atoms with van der Waals surface area (Å²) in [6, 6.07) is 6.90. The van der Waals surface area contributed by atoms with Gasteiger partial charge in [0.25, 0.3) is 0 Å². The first kappa shape index (κ1) is 17.0. The largest absolute Gasteiger partial charge is 0.496 e. The summed E-state index contributed by atoms with van der Waals surface area (Å²) in [5.74, 6) is 1.68. The second-order valence-corrected chi connectivity index (χ2v) is 5.59. The van der Waals surface area contributed by atoms with Gasteiger partial charge in [0, 0.05) is 11.6 Å². The van der Waals surface area contributed by atoms with Crippen LogP contribution < -0.4 is 10.1 Å². The monoisotopic (exact) mass is 277 g/mol. The number of unbranched alkanes of at least 4 members (excludes halogenated alkanes) is 1. The Bertz CT molecular complexity index is 389. The molecule has 0 saturated heterocycles. The quantitative estimate of drug-likeness (QED) is 0.695. The average molecular weight is 277 g/mol. The third kappa shape index (κ3) is 4.52. The molecule has 0 radical (unpaired) electrons. The molecular weight excluding hydrogens is 246 g/mol. The minimum atomic E-state index is 0.395. The molecule has 0 aliphatic carbocycles. The third-order valence-corrected chi connectivity index (χ3v) is 4.07. The molecule has 0 aliphatic rings. The van der Waals surface area contributed by atoms with Gasteiger partial charge in [0.15, 0.2) is 0 Å². The Morgan fingerprint density at radius 2 is 1.95 bits per heavy atom. The average Bonchev–Trinajstić information content (AvgIpc) is 2.46. The van der Waals surface area contributed by atoms with Crippen LogP contribution in [-0.4, -0.2) is 13.7 Å². The van der Waals surface area contributed by atoms with Gasteiger partial charge >= 0.3 is 0 Å². The molecule has 1 rings (SSSR count). The fourth-order valence-corrected chi connectivity index (χ4v) is 2.92. The number of hydrogen-bond acceptors (Lipinski definition) is 2. The number of aryl methyl sites for hydroxylation is 1. The highest BCUT2D eigenvalue weighted by atomic mass is 16.5. The predicted molar refractivity (Wildman–Crippen MR) is 87.5 cm³/mol. The first-order chi connectivity index (χ1) is 9.67. The van der Waals surface area contributed by atoms with Crippen LogP contribution in [0, 0.1) is 12.8 Å². The number of methoxy groups -OCH3 is 1. The predicted octanol–water partition coefficient (Wildman–Crippen LogP) is 4.87. The lowest BCUT2D eigenvalue weighted by atomic mass is 9.86. The second-order valence-electron chi connectivity index (χ2n) is 5.59. The van der Waals surface area contributed by atoms with E-state index in [9.17, 15) is 0 Å². The van der Waals surface area contributed by atoms with Gasteiger partial charge in [0.05, 0.1) is 7.11 Å². The maximum absolute atomic E-state index is 5.59. The van der Waals surface area contributed by atoms with E-state index in [0.717, 1.165) is 12.3 Å². The van der Waals surface area contributed by atoms with Crippen molar-refractivity contribution in [2.75, 3.05) is 13.7 Å². The van der Waals surface area contributed by atoms with Crippen LogP contribution in [0.2, 0.25) is 0 Å². The van der Waals surface area contributed by atoms with Gasteiger partial charge in [-0.15, -0.1) is 0 Å². The van der Waals surface area contributed by atoms with Crippen LogP contribution in [0.3, 0.4) is 0 Å². The SMILES string of the molecule is CCCCC(CC)C(NCC)c1cc(C)ccc1OC. The molecule has 0 saturated carbocycles. The van der Waals surface area contributed by atoms with Crippen LogP contribution in [0.15, 0.2) is 18.2 Å². The van der Waals surface area contributed by atoms with Crippen molar-refractivity contribution in [1.29, 1.82) is 0 Å². The van der Waals surface area contributed by atoms with Gasteiger partial charge in [-0.1, -0.05) is 57.7 Å². The van der Waals surface area contributed by atoms with Crippen molar-refractivity contribution in [2.45, 2.75) is 59.4 Å². The summed E-state index contributed by atoms with van der Waals surface area (Å²) in [6.07, 6.45) is 5.05. The number of nitrogens with one attached hydrogen (secondary N) is 1. The van der Waals surface area contributed by atoms with Crippen LogP contribution in [0.1, 0.15) is 63.6 Å². The summed E-state index contributed by atoms with van der Waals surface area (Å²) in [4.78, 5) is 0. The van der Waals surface area contributed by atoms with Crippen LogP contribution in [-0.2, 0) is 0 Å². The molecule has 2 atom stereocenters. The smallest absolute Gasteiger partial charge is 0.123 e. The van der Waals surface area contributed by atoms with E-state index < -0.39 is 0 Å². The highest BCUT2D eigenvalue weighted by Gasteiger charge is 2.23. The molecule has 0 bridgehead atoms. The van der Waals surface area contributed by atoms with Crippen LogP contribution in [0.25, 0.3) is 0 Å². The minimum absolute atomic E-state index is 0.395. The molecule has 0 fully saturated rings. The topological polar surface area (TPSA) is 21.3 Å². The zero-order chi connectivity index (χ0) is 15.0. The molecule has 0 amide bonds. The summed E-state index contributed by atoms with van der Waals surface area (Å²) in [5.41, 5.74) is 2.62. The molecule has 0 heterocycles. The summed E-state index contributed by atoms with van der Waals surface area (Å²) < 4.78 is 5.59. The van der Waals surface area contributed by atoms with Gasteiger partial charge in [-0.25, -0.2) is 0 Å². The van der Waals surface area contributed by atoms with Crippen LogP contribution in [0.4, 0.5) is 0 Å². The normalized spacial score (nSPS) is 14.1. The maximum atomic E-state index is 5.59. The minimum Gasteiger partial charge on any atom is -0.496 e. The van der Waals surface area contributed by atoms with E-state index in [-0.39, 0.29) is 0 Å². The molecule has 2 nitrogen and oxygen atoms in total. The van der Waals surface area contributed by atoms with Gasteiger partial charge in [0.2, 0.25) is 0 Å². The summed E-state index contributed by atoms with van der Waals surface area (Å²) in [5, 5.41) is 3.68. The Morgan fingerprint density at radius 3 is 2.50 bits per heavy atom. The highest BCUT2D eigenvalue weighted by Crippen LogP contribution is 2.35. The standard InChI is InChI=1S/C18H31NO/c1-6-9-10-15(7-2)18(19-8-3)16-13-14(4)11-12-17(16)20-5/h11-13,15,18-19H,6-10H2,1-5H3. The van der Waals surface area contributed by atoms with Crippen molar-refractivity contribution in [3.63, 3.8) is 0 Å². The lowest BCUT2D eigenvalue weighted by molar-refractivity contribution is 0.315. The zero-order valence-corrected chi connectivity index (χ0v) is 13.8. The number of hydrogen-bond donors (Lipinski definition) is 1. The van der Waals surface area contributed by atoms with Crippen molar-refractivity contribution in [3.8, 4) is 5.75 Å². The Morgan fingerprint density at radius 1 is 1.20 bits per heavy atom. The molecule has 0 spiro atoms. The van der Waals surface area contributed by atoms with E-state index >= 15 is 0 Å². The lowest BCUT2D eigenvalue weighted by Crippen LogP contribution is -2.28. The van der Waals surface area contributed by atoms with Gasteiger partial charge in [-0.2, -0.15) is 0 Å². The molecule has 2 unspecified atom stereocenters. The first-order valence-corrected chi connectivity index (χ1v) is 8.05. The molecule has 1 aromatic rings. The highest BCUT2D eigenvalue weighted by molar-refractivity contribution is 5.39. The van der Waals surface area contributed by atoms with Crippen LogP contribution in [0.5, 0.6) is 5.75 Å². The molecular formula is C18H31NO. The number of ether oxygens (including phenoxy) is 1. The van der Waals surface area contributed by atoms with E-state index in [2.05, 4.69) is 51.2 Å². The number of benzene rings is 1. The molecule has 20 heavy (non-hydrogen) atoms. The van der Waals surface area contributed by atoms with E-state index in [1.165, 1.54) is 36.8 Å². The Hall–Kier alpha value is -1.02. The molecule has 1 N–H and O–H groups in total. The van der Waals surface area contributed by atoms with Crippen molar-refractivity contribution in [2.24, 2.45) is 5.92 Å². The Balaban J connectivity index is 3.07. The molecule has 114 valence electrons. The van der Waals surface area contributed by atoms with E-state index in [1.54, 1.807) is 7.11 Å². The van der Waals surface area contributed by atoms with Crippen molar-refractivity contribution in [3.05, 3.63) is 29.3 Å². The zero-order valence-electron chi connectivity index (χ0n) is 13.8. The fraction of sp³-hybridized carbons (Fsp3) is 0.667. The number of rotatable bonds is 9. The summed E-state index contributed by atoms with van der Waals surface area (Å²) in [6.45, 7) is 9.89. The molecule has 1 aromatic carbocycles. The van der Waals surface area contributed by atoms with Gasteiger partial charge < -0.3 is 10.1 Å². The van der Waals surface area contributed by atoms with E-state index in [0.29, 0.717) is 12.0 Å². The van der Waals surface area contributed by atoms with Gasteiger partial charge in [0.1, 0.15) is 5.75 Å². The molecule has 2 heteroatoms. The van der Waals surface area contributed by atoms with E-state index in [4.69, 9.17) is 4.74 Å². The fourth-order valence-electron chi connectivity index (χ4n) is 2.92. The van der Waals surface area contributed by atoms with Crippen LogP contribution >= 0.6 is 0 Å². The Labute approximate surface area is 124 Å². The molecule has 0 aliphatic heterocycles. The summed E-state index contributed by atoms with van der Waals surface area (Å²) >= 11 is 0. The van der Waals surface area contributed by atoms with Gasteiger partial charge in [-0.3, -0.25) is 0 Å². The Kier molecular flexibility index (Phi) is 7.68. The lowest BCUT2D eigenvalue weighted by Gasteiger charge is -2.29. The molecule has 0 aromatic heterocycles. The van der Waals surface area contributed by atoms with Gasteiger partial charge in [-0.05, 0) is 31.9 Å². The van der Waals surface area contributed by atoms with E-state index in [1.807, 2.05) is 0 Å². The maximum Gasteiger partial charge on any atom is 0.123 e. The van der Waals surface area contributed by atoms with Crippen molar-refractivity contribution in [1.82, 2.24) is 5.32 Å². The van der Waals surface area contributed by atoms with Crippen molar-refractivity contribution < 1.29 is 4.74 Å². The summed E-state index contributed by atoms with van der Waals surface area (Å²) in [7, 11) is 1.77. The first-order valence-electron chi connectivity index (χ1n) is 8.05. The third-order valence-electron chi connectivity index (χ3n) is 4.07.